The van der Waals surface area contributed by atoms with Gasteiger partial charge in [0.2, 0.25) is 0 Å². The summed E-state index contributed by atoms with van der Waals surface area (Å²) in [7, 11) is 3.82. The predicted molar refractivity (Wildman–Crippen MR) is 93.6 cm³/mol. The highest BCUT2D eigenvalue weighted by Crippen LogP contribution is 2.23. The Hall–Kier alpha value is -2.83. The van der Waals surface area contributed by atoms with Gasteiger partial charge in [0.25, 0.3) is 0 Å². The molecule has 7 nitrogen and oxygen atoms in total. The fourth-order valence-corrected chi connectivity index (χ4v) is 2.33. The number of esters is 3. The van der Waals surface area contributed by atoms with E-state index in [1.54, 1.807) is 38.1 Å². The van der Waals surface area contributed by atoms with Crippen LogP contribution in [-0.4, -0.2) is 45.8 Å². The number of hydrogen-bond acceptors (Lipinski definition) is 7. The Morgan fingerprint density at radius 1 is 0.885 bits per heavy atom. The van der Waals surface area contributed by atoms with Gasteiger partial charge in [-0.1, -0.05) is 26.0 Å². The van der Waals surface area contributed by atoms with Crippen molar-refractivity contribution in [1.29, 1.82) is 0 Å². The van der Waals surface area contributed by atoms with E-state index in [2.05, 4.69) is 4.74 Å². The van der Waals surface area contributed by atoms with Crippen molar-refractivity contribution in [1.82, 2.24) is 0 Å². The minimum atomic E-state index is -0.579. The highest BCUT2D eigenvalue weighted by molar-refractivity contribution is 6.00. The molecule has 26 heavy (non-hydrogen) atoms. The van der Waals surface area contributed by atoms with Gasteiger partial charge in [-0.2, -0.15) is 0 Å². The van der Waals surface area contributed by atoms with Crippen molar-refractivity contribution in [2.45, 2.75) is 20.3 Å². The van der Waals surface area contributed by atoms with E-state index in [0.717, 1.165) is 5.56 Å². The first-order valence-corrected chi connectivity index (χ1v) is 8.02. The molecule has 1 aromatic carbocycles. The lowest BCUT2D eigenvalue weighted by molar-refractivity contribution is -0.143. The van der Waals surface area contributed by atoms with E-state index in [1.807, 2.05) is 0 Å². The summed E-state index contributed by atoms with van der Waals surface area (Å²) in [6.07, 6.45) is 0.201. The van der Waals surface area contributed by atoms with Gasteiger partial charge in [-0.25, -0.2) is 14.4 Å². The van der Waals surface area contributed by atoms with Crippen LogP contribution >= 0.6 is 0 Å². The molecule has 0 amide bonds. The van der Waals surface area contributed by atoms with Gasteiger partial charge in [0.15, 0.2) is 6.61 Å². The van der Waals surface area contributed by atoms with Crippen molar-refractivity contribution < 1.29 is 33.3 Å². The number of carbonyl (C=O) groups is 3. The molecular weight excluding hydrogens is 340 g/mol. The first-order chi connectivity index (χ1) is 12.3. The molecule has 0 aromatic heterocycles. The maximum Gasteiger partial charge on any atom is 0.343 e. The standard InChI is InChI=1S/C19H24O7/c1-12(2)17(19(22)25-5)15(18(21)24-4)10-13-6-8-14(9-7-13)26-11-16(20)23-3/h6-9,12H,10-11H2,1-5H3. The van der Waals surface area contributed by atoms with Gasteiger partial charge in [-0.05, 0) is 23.6 Å². The summed E-state index contributed by atoms with van der Waals surface area (Å²) in [5.41, 5.74) is 1.31. The van der Waals surface area contributed by atoms with Gasteiger partial charge < -0.3 is 18.9 Å². The zero-order valence-electron chi connectivity index (χ0n) is 15.7. The Balaban J connectivity index is 3.07. The fraction of sp³-hybridized carbons (Fsp3) is 0.421. The van der Waals surface area contributed by atoms with Gasteiger partial charge in [0, 0.05) is 6.42 Å². The quantitative estimate of drug-likeness (QED) is 0.396. The molecule has 0 unspecified atom stereocenters. The molecule has 0 atom stereocenters. The molecule has 1 rings (SSSR count). The van der Waals surface area contributed by atoms with Crippen LogP contribution in [0.2, 0.25) is 0 Å². The molecule has 0 aliphatic rings. The molecule has 0 bridgehead atoms. The van der Waals surface area contributed by atoms with Crippen molar-refractivity contribution in [3.05, 3.63) is 41.0 Å². The van der Waals surface area contributed by atoms with E-state index in [0.29, 0.717) is 5.75 Å². The molecule has 0 fully saturated rings. The fourth-order valence-electron chi connectivity index (χ4n) is 2.33. The van der Waals surface area contributed by atoms with Gasteiger partial charge in [-0.15, -0.1) is 0 Å². The minimum absolute atomic E-state index is 0.191. The molecule has 0 N–H and O–H groups in total. The normalized spacial score (nSPS) is 11.5. The molecule has 1 aromatic rings. The number of methoxy groups -OCH3 is 3. The lowest BCUT2D eigenvalue weighted by atomic mass is 9.93. The van der Waals surface area contributed by atoms with Crippen molar-refractivity contribution in [3.8, 4) is 5.75 Å². The summed E-state index contributed by atoms with van der Waals surface area (Å²) < 4.78 is 19.4. The Bertz CT molecular complexity index is 672. The summed E-state index contributed by atoms with van der Waals surface area (Å²) in [5.74, 6) is -1.34. The van der Waals surface area contributed by atoms with E-state index in [1.165, 1.54) is 21.3 Å². The van der Waals surface area contributed by atoms with Gasteiger partial charge in [0.05, 0.1) is 32.5 Å². The van der Waals surface area contributed by atoms with Crippen LogP contribution in [0.5, 0.6) is 5.75 Å². The summed E-state index contributed by atoms with van der Waals surface area (Å²) in [5, 5.41) is 0. The van der Waals surface area contributed by atoms with Gasteiger partial charge >= 0.3 is 17.9 Å². The number of hydrogen-bond donors (Lipinski definition) is 0. The number of benzene rings is 1. The van der Waals surface area contributed by atoms with E-state index >= 15 is 0 Å². The number of rotatable bonds is 8. The second-order valence-electron chi connectivity index (χ2n) is 5.72. The Morgan fingerprint density at radius 3 is 1.92 bits per heavy atom. The van der Waals surface area contributed by atoms with Crippen LogP contribution in [0, 0.1) is 5.92 Å². The van der Waals surface area contributed by atoms with Crippen LogP contribution in [-0.2, 0) is 35.0 Å². The van der Waals surface area contributed by atoms with E-state index < -0.39 is 17.9 Å². The highest BCUT2D eigenvalue weighted by Gasteiger charge is 2.25. The van der Waals surface area contributed by atoms with Crippen LogP contribution in [0.25, 0.3) is 0 Å². The van der Waals surface area contributed by atoms with Crippen molar-refractivity contribution in [2.75, 3.05) is 27.9 Å². The third-order valence-electron chi connectivity index (χ3n) is 3.63. The first-order valence-electron chi connectivity index (χ1n) is 8.02. The van der Waals surface area contributed by atoms with Gasteiger partial charge in [0.1, 0.15) is 5.75 Å². The smallest absolute Gasteiger partial charge is 0.343 e. The largest absolute Gasteiger partial charge is 0.482 e. The molecule has 0 saturated heterocycles. The average molecular weight is 364 g/mol. The topological polar surface area (TPSA) is 88.1 Å². The first kappa shape index (κ1) is 21.2. The molecule has 7 heteroatoms. The molecular formula is C19H24O7. The summed E-state index contributed by atoms with van der Waals surface area (Å²) >= 11 is 0. The molecule has 0 aliphatic carbocycles. The maximum absolute atomic E-state index is 12.2. The highest BCUT2D eigenvalue weighted by atomic mass is 16.6. The zero-order valence-corrected chi connectivity index (χ0v) is 15.7. The zero-order chi connectivity index (χ0) is 19.7. The van der Waals surface area contributed by atoms with Crippen LogP contribution in [0.4, 0.5) is 0 Å². The summed E-state index contributed by atoms with van der Waals surface area (Å²) in [6.45, 7) is 3.42. The lowest BCUT2D eigenvalue weighted by Crippen LogP contribution is -2.20. The van der Waals surface area contributed by atoms with E-state index in [4.69, 9.17) is 14.2 Å². The lowest BCUT2D eigenvalue weighted by Gasteiger charge is -2.15. The monoisotopic (exact) mass is 364 g/mol. The SMILES string of the molecule is COC(=O)COc1ccc(CC(C(=O)OC)=C(C(=O)OC)C(C)C)cc1. The van der Waals surface area contributed by atoms with E-state index in [9.17, 15) is 14.4 Å². The second-order valence-corrected chi connectivity index (χ2v) is 5.72. The maximum atomic E-state index is 12.2. The van der Waals surface area contributed by atoms with Crippen LogP contribution in [0.15, 0.2) is 35.4 Å². The summed E-state index contributed by atoms with van der Waals surface area (Å²) in [6, 6.07) is 6.82. The van der Waals surface area contributed by atoms with Gasteiger partial charge in [-0.3, -0.25) is 0 Å². The molecule has 142 valence electrons. The molecule has 0 radical (unpaired) electrons. The van der Waals surface area contributed by atoms with Crippen LogP contribution in [0.1, 0.15) is 19.4 Å². The molecule has 0 saturated carbocycles. The Morgan fingerprint density at radius 2 is 1.46 bits per heavy atom. The van der Waals surface area contributed by atoms with Crippen molar-refractivity contribution in [3.63, 3.8) is 0 Å². The van der Waals surface area contributed by atoms with E-state index in [-0.39, 0.29) is 30.1 Å². The summed E-state index contributed by atoms with van der Waals surface area (Å²) in [4.78, 5) is 35.4. The Labute approximate surface area is 152 Å². The van der Waals surface area contributed by atoms with Crippen molar-refractivity contribution in [2.24, 2.45) is 5.92 Å². The second kappa shape index (κ2) is 10.2. The predicted octanol–water partition coefficient (Wildman–Crippen LogP) is 2.08. The van der Waals surface area contributed by atoms with Crippen LogP contribution in [0.3, 0.4) is 0 Å². The average Bonchev–Trinajstić information content (AvgIpc) is 2.65. The minimum Gasteiger partial charge on any atom is -0.482 e. The third-order valence-corrected chi connectivity index (χ3v) is 3.63. The Kier molecular flexibility index (Phi) is 8.34. The number of ether oxygens (including phenoxy) is 4. The number of carbonyl (C=O) groups excluding carboxylic acids is 3. The third kappa shape index (κ3) is 5.91. The molecule has 0 aliphatic heterocycles. The van der Waals surface area contributed by atoms with Crippen molar-refractivity contribution >= 4 is 17.9 Å². The molecule has 0 heterocycles. The van der Waals surface area contributed by atoms with Crippen LogP contribution < -0.4 is 4.74 Å². The molecule has 0 spiro atoms.